The average molecular weight is 569 g/mol. The van der Waals surface area contributed by atoms with Gasteiger partial charge < -0.3 is 19.3 Å². The minimum atomic E-state index is -1.07. The molecule has 3 aromatic carbocycles. The van der Waals surface area contributed by atoms with Crippen molar-refractivity contribution in [2.75, 3.05) is 13.7 Å². The number of ether oxygens (including phenoxy) is 3. The average Bonchev–Trinajstić information content (AvgIpc) is 3.32. The minimum Gasteiger partial charge on any atom is -0.497 e. The third-order valence-electron chi connectivity index (χ3n) is 6.41. The van der Waals surface area contributed by atoms with Gasteiger partial charge in [0.15, 0.2) is 0 Å². The van der Waals surface area contributed by atoms with E-state index in [1.165, 1.54) is 13.2 Å². The second kappa shape index (κ2) is 12.5. The molecule has 0 fully saturated rings. The number of aromatic nitrogens is 2. The number of carbonyl (C=O) groups is 1. The van der Waals surface area contributed by atoms with Gasteiger partial charge in [-0.3, -0.25) is 0 Å². The molecule has 1 aromatic heterocycles. The second-order valence-corrected chi connectivity index (χ2v) is 10.1. The van der Waals surface area contributed by atoms with Crippen molar-refractivity contribution < 1.29 is 24.1 Å². The Morgan fingerprint density at radius 2 is 1.74 bits per heavy atom. The second-order valence-electron chi connectivity index (χ2n) is 9.33. The summed E-state index contributed by atoms with van der Waals surface area (Å²) in [6.45, 7) is 6.82. The van der Waals surface area contributed by atoms with Gasteiger partial charge in [-0.1, -0.05) is 49.2 Å². The Morgan fingerprint density at radius 3 is 2.38 bits per heavy atom. The van der Waals surface area contributed by atoms with Crippen LogP contribution in [0, 0.1) is 6.92 Å². The maximum Gasteiger partial charge on any atom is 0.339 e. The molecule has 0 bridgehead atoms. The van der Waals surface area contributed by atoms with Gasteiger partial charge in [-0.15, -0.1) is 0 Å². The van der Waals surface area contributed by atoms with Crippen molar-refractivity contribution in [2.24, 2.45) is 0 Å². The molecule has 1 heterocycles. The van der Waals surface area contributed by atoms with Gasteiger partial charge in [-0.2, -0.15) is 5.10 Å². The number of methoxy groups -OCH3 is 1. The van der Waals surface area contributed by atoms with Gasteiger partial charge in [0.2, 0.25) is 0 Å². The van der Waals surface area contributed by atoms with E-state index in [1.807, 2.05) is 31.3 Å². The van der Waals surface area contributed by atoms with E-state index in [0.717, 1.165) is 22.4 Å². The van der Waals surface area contributed by atoms with E-state index in [2.05, 4.69) is 18.9 Å². The van der Waals surface area contributed by atoms with Crippen LogP contribution in [0.25, 0.3) is 5.69 Å². The summed E-state index contributed by atoms with van der Waals surface area (Å²) in [6, 6.07) is 16.0. The monoisotopic (exact) mass is 568 g/mol. The van der Waals surface area contributed by atoms with Crippen LogP contribution in [0.3, 0.4) is 0 Å². The molecule has 4 aromatic rings. The number of rotatable bonds is 11. The summed E-state index contributed by atoms with van der Waals surface area (Å²) < 4.78 is 18.9. The number of benzene rings is 3. The van der Waals surface area contributed by atoms with Gasteiger partial charge in [-0.05, 0) is 72.0 Å². The number of nitrogens with zero attached hydrogens (tertiary/aromatic N) is 2. The van der Waals surface area contributed by atoms with Crippen LogP contribution in [0.15, 0.2) is 60.8 Å². The zero-order chi connectivity index (χ0) is 28.1. The smallest absolute Gasteiger partial charge is 0.339 e. The zero-order valence-corrected chi connectivity index (χ0v) is 23.7. The Morgan fingerprint density at radius 1 is 1.03 bits per heavy atom. The summed E-state index contributed by atoms with van der Waals surface area (Å²) in [5, 5.41) is 15.1. The van der Waals surface area contributed by atoms with Crippen LogP contribution in [0.2, 0.25) is 10.0 Å². The molecule has 0 aliphatic carbocycles. The normalized spacial score (nSPS) is 11.1. The van der Waals surface area contributed by atoms with E-state index < -0.39 is 5.97 Å². The maximum atomic E-state index is 11.6. The van der Waals surface area contributed by atoms with Crippen LogP contribution < -0.4 is 14.2 Å². The Bertz CT molecular complexity index is 1460. The maximum absolute atomic E-state index is 11.6. The standard InChI is InChI=1S/C30H30Cl2N2O5/c1-18(2)24-16-33-34(29-25(31)6-5-7-26(29)32)27(24)17-39-22-9-8-20(19(3)14-22)12-13-38-28-11-10-21(37-4)15-23(28)30(35)36/h5-11,14-16,18H,12-13,17H2,1-4H3,(H,35,36). The van der Waals surface area contributed by atoms with Gasteiger partial charge in [0.25, 0.3) is 0 Å². The highest BCUT2D eigenvalue weighted by Crippen LogP contribution is 2.32. The van der Waals surface area contributed by atoms with E-state index >= 15 is 0 Å². The molecule has 0 aliphatic rings. The Kier molecular flexibility index (Phi) is 9.04. The highest BCUT2D eigenvalue weighted by Gasteiger charge is 2.19. The lowest BCUT2D eigenvalue weighted by Gasteiger charge is -2.16. The predicted octanol–water partition coefficient (Wildman–Crippen LogP) is 7.52. The molecule has 0 spiro atoms. The van der Waals surface area contributed by atoms with Crippen molar-refractivity contribution in [3.63, 3.8) is 0 Å². The molecular weight excluding hydrogens is 539 g/mol. The summed E-state index contributed by atoms with van der Waals surface area (Å²) in [7, 11) is 1.49. The molecule has 39 heavy (non-hydrogen) atoms. The van der Waals surface area contributed by atoms with E-state index in [1.54, 1.807) is 35.0 Å². The zero-order valence-electron chi connectivity index (χ0n) is 22.2. The van der Waals surface area contributed by atoms with Crippen molar-refractivity contribution in [1.29, 1.82) is 0 Å². The number of para-hydroxylation sites is 1. The summed E-state index contributed by atoms with van der Waals surface area (Å²) in [5.41, 5.74) is 4.73. The van der Waals surface area contributed by atoms with E-state index in [4.69, 9.17) is 37.4 Å². The van der Waals surface area contributed by atoms with Crippen molar-refractivity contribution in [2.45, 2.75) is 39.7 Å². The number of aryl methyl sites for hydroxylation is 1. The van der Waals surface area contributed by atoms with Crippen LogP contribution in [0.4, 0.5) is 0 Å². The Labute approximate surface area is 237 Å². The molecule has 9 heteroatoms. The first-order valence-corrected chi connectivity index (χ1v) is 13.2. The molecule has 0 saturated heterocycles. The largest absolute Gasteiger partial charge is 0.497 e. The number of aromatic carboxylic acids is 1. The first kappa shape index (κ1) is 28.3. The fraction of sp³-hybridized carbons (Fsp3) is 0.267. The minimum absolute atomic E-state index is 0.0629. The lowest BCUT2D eigenvalue weighted by atomic mass is 10.0. The Hall–Kier alpha value is -3.68. The lowest BCUT2D eigenvalue weighted by molar-refractivity contribution is 0.0692. The first-order valence-electron chi connectivity index (χ1n) is 12.5. The summed E-state index contributed by atoms with van der Waals surface area (Å²) in [6.07, 6.45) is 2.43. The van der Waals surface area contributed by atoms with Crippen molar-refractivity contribution in [1.82, 2.24) is 9.78 Å². The molecule has 204 valence electrons. The molecule has 0 saturated carbocycles. The fourth-order valence-corrected chi connectivity index (χ4v) is 4.85. The Balaban J connectivity index is 1.46. The van der Waals surface area contributed by atoms with Gasteiger partial charge >= 0.3 is 5.97 Å². The van der Waals surface area contributed by atoms with Crippen molar-refractivity contribution in [3.8, 4) is 22.9 Å². The SMILES string of the molecule is COc1ccc(OCCc2ccc(OCc3c(C(C)C)cnn3-c3c(Cl)cccc3Cl)cc2C)c(C(=O)O)c1. The molecular formula is C30H30Cl2N2O5. The molecule has 0 atom stereocenters. The first-order chi connectivity index (χ1) is 18.7. The lowest BCUT2D eigenvalue weighted by Crippen LogP contribution is -2.10. The predicted molar refractivity (Wildman–Crippen MR) is 152 cm³/mol. The van der Waals surface area contributed by atoms with Crippen LogP contribution in [-0.4, -0.2) is 34.6 Å². The van der Waals surface area contributed by atoms with Crippen LogP contribution in [-0.2, 0) is 13.0 Å². The van der Waals surface area contributed by atoms with Crippen molar-refractivity contribution >= 4 is 29.2 Å². The molecule has 1 N–H and O–H groups in total. The van der Waals surface area contributed by atoms with Gasteiger partial charge in [0, 0.05) is 6.42 Å². The quantitative estimate of drug-likeness (QED) is 0.201. The molecule has 0 amide bonds. The molecule has 7 nitrogen and oxygen atoms in total. The number of hydrogen-bond acceptors (Lipinski definition) is 5. The highest BCUT2D eigenvalue weighted by molar-refractivity contribution is 6.37. The fourth-order valence-electron chi connectivity index (χ4n) is 4.29. The molecule has 0 unspecified atom stereocenters. The van der Waals surface area contributed by atoms with Gasteiger partial charge in [0.1, 0.15) is 35.1 Å². The molecule has 0 radical (unpaired) electrons. The van der Waals surface area contributed by atoms with Gasteiger partial charge in [0.05, 0.1) is 35.7 Å². The van der Waals surface area contributed by atoms with Crippen molar-refractivity contribution in [3.05, 3.63) is 98.8 Å². The number of halogens is 2. The third-order valence-corrected chi connectivity index (χ3v) is 7.02. The third kappa shape index (κ3) is 6.49. The summed E-state index contributed by atoms with van der Waals surface area (Å²) >= 11 is 12.9. The number of carboxylic acids is 1. The van der Waals surface area contributed by atoms with Crippen LogP contribution in [0.5, 0.6) is 17.2 Å². The number of hydrogen-bond donors (Lipinski definition) is 1. The van der Waals surface area contributed by atoms with E-state index in [0.29, 0.717) is 46.0 Å². The van der Waals surface area contributed by atoms with E-state index in [-0.39, 0.29) is 18.1 Å². The van der Waals surface area contributed by atoms with Crippen LogP contribution in [0.1, 0.15) is 52.5 Å². The molecule has 0 aliphatic heterocycles. The summed E-state index contributed by atoms with van der Waals surface area (Å²) in [4.78, 5) is 11.6. The van der Waals surface area contributed by atoms with Crippen LogP contribution >= 0.6 is 23.2 Å². The topological polar surface area (TPSA) is 82.8 Å². The number of carboxylic acid groups (broad SMARTS) is 1. The van der Waals surface area contributed by atoms with Gasteiger partial charge in [-0.25, -0.2) is 9.48 Å². The van der Waals surface area contributed by atoms with E-state index in [9.17, 15) is 9.90 Å². The molecule has 4 rings (SSSR count). The summed E-state index contributed by atoms with van der Waals surface area (Å²) in [5.74, 6) is 0.644. The highest BCUT2D eigenvalue weighted by atomic mass is 35.5.